The molecule has 0 saturated heterocycles. The Morgan fingerprint density at radius 3 is 0.800 bits per heavy atom. The van der Waals surface area contributed by atoms with Gasteiger partial charge in [-0.2, -0.15) is 0 Å². The molecule has 0 aromatic rings. The molecular weight excluding hydrogens is 1140 g/mol. The van der Waals surface area contributed by atoms with Crippen molar-refractivity contribution in [3.05, 3.63) is 0 Å². The van der Waals surface area contributed by atoms with E-state index in [0.29, 0.717) is 9.47 Å². The van der Waals surface area contributed by atoms with Gasteiger partial charge in [0, 0.05) is 33.9 Å². The molecule has 0 unspecified atom stereocenters. The van der Waals surface area contributed by atoms with Crippen LogP contribution in [0.25, 0.3) is 0 Å². The van der Waals surface area contributed by atoms with E-state index in [1.54, 1.807) is 0 Å². The van der Waals surface area contributed by atoms with Gasteiger partial charge in [0.2, 0.25) is 0 Å². The van der Waals surface area contributed by atoms with Gasteiger partial charge in [-0.3, -0.25) is 0 Å². The number of quaternary nitrogens is 1. The van der Waals surface area contributed by atoms with E-state index in [-0.39, 0.29) is 67.6 Å². The van der Waals surface area contributed by atoms with Gasteiger partial charge in [-0.05, 0) is 0 Å². The van der Waals surface area contributed by atoms with Crippen molar-refractivity contribution in [3.63, 3.8) is 0 Å². The van der Waals surface area contributed by atoms with Crippen LogP contribution in [0.15, 0.2) is 0 Å². The van der Waals surface area contributed by atoms with E-state index < -0.39 is 0 Å². The molecule has 0 radical (unpaired) electrons. The molecule has 0 N–H and O–H groups in total. The third-order valence-corrected chi connectivity index (χ3v) is 0. The van der Waals surface area contributed by atoms with Crippen LogP contribution in [0.5, 0.6) is 0 Å². The molecule has 0 aromatic heterocycles. The van der Waals surface area contributed by atoms with Crippen molar-refractivity contribution in [1.29, 1.82) is 0 Å². The molecule has 0 aromatic carbocycles. The zero-order valence-corrected chi connectivity index (χ0v) is 31.2. The first-order valence-corrected chi connectivity index (χ1v) is 30.5. The van der Waals surface area contributed by atoms with Crippen LogP contribution in [0.4, 0.5) is 0 Å². The molecule has 0 spiro atoms. The fraction of sp³-hybridized carbons (Fsp3) is 1.00. The zero-order valence-electron chi connectivity index (χ0n) is 12.4. The minimum atomic E-state index is -0.389. The summed E-state index contributed by atoms with van der Waals surface area (Å²) >= 11 is 12.1. The van der Waals surface area contributed by atoms with E-state index in [1.165, 1.54) is 0 Å². The van der Waals surface area contributed by atoms with Crippen molar-refractivity contribution in [3.8, 4) is 0 Å². The summed E-state index contributed by atoms with van der Waals surface area (Å²) in [7, 11) is 8.74. The molecule has 1 nitrogen and oxygen atoms in total. The number of nitrogens with zero attached hydrogens (tertiary/aromatic N) is 1. The quantitative estimate of drug-likeness (QED) is 0.193. The summed E-state index contributed by atoms with van der Waals surface area (Å²) in [5, 5.41) is 0. The fourth-order valence-corrected chi connectivity index (χ4v) is 0. The summed E-state index contributed by atoms with van der Waals surface area (Å²) in [6.45, 7) is 9.19. The Morgan fingerprint density at radius 2 is 0.800 bits per heavy atom. The van der Waals surface area contributed by atoms with Crippen molar-refractivity contribution in [2.75, 3.05) is 54.8 Å². The molecule has 0 fully saturated rings. The van der Waals surface area contributed by atoms with Gasteiger partial charge in [0.1, 0.15) is 0 Å². The predicted molar refractivity (Wildman–Crippen MR) is 131 cm³/mol. The van der Waals surface area contributed by atoms with Crippen molar-refractivity contribution < 1.29 is 66.8 Å². The maximum atomic E-state index is 2.46. The van der Waals surface area contributed by atoms with Gasteiger partial charge in [0.05, 0.1) is 28.2 Å². The van der Waals surface area contributed by atoms with Gasteiger partial charge < -0.3 is 52.4 Å². The third kappa shape index (κ3) is 311. The molecule has 0 amide bonds. The van der Waals surface area contributed by atoms with Crippen molar-refractivity contribution in [2.24, 2.45) is 0 Å². The fourth-order valence-electron chi connectivity index (χ4n) is 0. The van der Waals surface area contributed by atoms with Crippen LogP contribution in [-0.4, -0.2) is 59.3 Å². The number of hydrogen-bond donors (Lipinski definition) is 0. The first-order chi connectivity index (χ1) is 7.15. The van der Waals surface area contributed by atoms with E-state index in [0.717, 1.165) is 4.48 Å². The molecule has 0 heterocycles. The van der Waals surface area contributed by atoms with Gasteiger partial charge in [0.15, 0.2) is 0 Å². The first kappa shape index (κ1) is 45.4. The Labute approximate surface area is 230 Å². The Hall–Kier alpha value is 6.67. The molecule has 0 aliphatic carbocycles. The van der Waals surface area contributed by atoms with Crippen LogP contribution in [0.1, 0.15) is 7.43 Å². The summed E-state index contributed by atoms with van der Waals surface area (Å²) in [6, 6.07) is 0. The van der Waals surface area contributed by atoms with Gasteiger partial charge in [-0.15, -0.1) is 0 Å². The molecule has 11 heteroatoms. The van der Waals surface area contributed by atoms with Crippen LogP contribution >= 0.6 is 107 Å². The van der Waals surface area contributed by atoms with E-state index in [1.807, 2.05) is 0 Å². The summed E-state index contributed by atoms with van der Waals surface area (Å²) in [5.41, 5.74) is 0. The van der Waals surface area contributed by atoms with Crippen molar-refractivity contribution >= 4 is 107 Å². The standard InChI is InChI=1S/C4H12N.C4H12P.CH4.7HI.2V/c2*1-5(2,3)4;;;;;;;;;;/h2*1-4H3;1H4;7*1H;;/q2*+1;;;;;;;;;+2;+3/p-7. The average molecular weight is 1170 g/mol. The van der Waals surface area contributed by atoms with Gasteiger partial charge in [0.25, 0.3) is 0 Å². The Balaban J connectivity index is -0.0000000218. The van der Waals surface area contributed by atoms with E-state index in [2.05, 4.69) is 155 Å². The first-order valence-electron chi connectivity index (χ1n) is 4.42. The predicted octanol–water partition coefficient (Wildman–Crippen LogP) is 0.913. The van der Waals surface area contributed by atoms with Crippen LogP contribution < -0.4 is 48.0 Å². The molecule has 20 heavy (non-hydrogen) atoms. The van der Waals surface area contributed by atoms with Crippen LogP contribution in [0.2, 0.25) is 0 Å². The van der Waals surface area contributed by atoms with Crippen LogP contribution in [-0.2, 0) is 14.4 Å². The van der Waals surface area contributed by atoms with Crippen LogP contribution in [0, 0.1) is 0 Å². The molecule has 133 valence electrons. The molecule has 0 saturated carbocycles. The topological polar surface area (TPSA) is 0 Å². The molecule has 0 atom stereocenters. The van der Waals surface area contributed by atoms with Crippen molar-refractivity contribution in [2.45, 2.75) is 7.43 Å². The van der Waals surface area contributed by atoms with E-state index in [9.17, 15) is 0 Å². The average Bonchev–Trinajstić information content (AvgIpc) is 1.74. The molecular formula is C9H28I7NPV2. The monoisotopic (exact) mass is 1170 g/mol. The third-order valence-electron chi connectivity index (χ3n) is 0. The second kappa shape index (κ2) is 30.4. The molecule has 0 rings (SSSR count). The summed E-state index contributed by atoms with van der Waals surface area (Å²) < 4.78 is 1.00. The molecule has 0 bridgehead atoms. The molecule has 0 aliphatic rings. The summed E-state index contributed by atoms with van der Waals surface area (Å²) in [5.74, 6) is 0. The van der Waals surface area contributed by atoms with E-state index in [4.69, 9.17) is 0 Å². The Kier molecular flexibility index (Phi) is 69.0. The van der Waals surface area contributed by atoms with Gasteiger partial charge in [-0.1, -0.05) is 7.43 Å². The number of halogens is 7. The van der Waals surface area contributed by atoms with Crippen molar-refractivity contribution in [1.82, 2.24) is 0 Å². The maximum absolute atomic E-state index is 2.46. The SMILES string of the molecule is C.C[N+](C)(C)C.C[P+](C)(C)C.[I-].[I-].[I][V]([I])[I].[I][V][I]. The summed E-state index contributed by atoms with van der Waals surface area (Å²) in [6.07, 6.45) is 0. The van der Waals surface area contributed by atoms with Gasteiger partial charge >= 0.3 is 114 Å². The van der Waals surface area contributed by atoms with Gasteiger partial charge in [-0.25, -0.2) is 0 Å². The van der Waals surface area contributed by atoms with Crippen LogP contribution in [0.3, 0.4) is 0 Å². The zero-order chi connectivity index (χ0) is 15.3. The molecule has 0 aliphatic heterocycles. The van der Waals surface area contributed by atoms with E-state index >= 15 is 0 Å². The Bertz CT molecular complexity index is 116. The second-order valence-electron chi connectivity index (χ2n) is 5.62. The summed E-state index contributed by atoms with van der Waals surface area (Å²) in [4.78, 5) is -0.278. The number of hydrogen-bond acceptors (Lipinski definition) is 0. The number of rotatable bonds is 0. The Morgan fingerprint density at radius 1 is 0.800 bits per heavy atom. The second-order valence-corrected chi connectivity index (χ2v) is 58.1. The minimum absolute atomic E-state index is 0. The normalized spacial score (nSPS) is 8.50.